The molecule has 0 unspecified atom stereocenters. The van der Waals surface area contributed by atoms with Crippen molar-refractivity contribution in [1.82, 2.24) is 0 Å². The number of carboxylic acid groups (broad SMARTS) is 1. The molecule has 0 aromatic heterocycles. The highest BCUT2D eigenvalue weighted by Gasteiger charge is 2.21. The Kier molecular flexibility index (Phi) is 3.45. The average molecular weight is 249 g/mol. The molecule has 1 aliphatic heterocycles. The molecule has 0 fully saturated rings. The van der Waals surface area contributed by atoms with Crippen molar-refractivity contribution < 1.29 is 14.6 Å². The number of hydrogen-bond acceptors (Lipinski definition) is 3. The second-order valence-corrected chi connectivity index (χ2v) is 5.51. The molecule has 98 valence electrons. The van der Waals surface area contributed by atoms with Crippen molar-refractivity contribution >= 4 is 11.7 Å². The molecular formula is C14H19NO3. The number of ether oxygens (including phenoxy) is 1. The van der Waals surface area contributed by atoms with E-state index in [9.17, 15) is 4.79 Å². The van der Waals surface area contributed by atoms with Gasteiger partial charge < -0.3 is 15.2 Å². The standard InChI is InChI=1S/C14H19NO3/c1-14(2,8-13(16)17)9-15-11-3-4-12-10(7-11)5-6-18-12/h3-4,7,15H,5-6,8-9H2,1-2H3,(H,16,17). The van der Waals surface area contributed by atoms with Crippen LogP contribution < -0.4 is 10.1 Å². The maximum atomic E-state index is 10.7. The van der Waals surface area contributed by atoms with Crippen molar-refractivity contribution in [3.8, 4) is 5.75 Å². The molecule has 0 spiro atoms. The van der Waals surface area contributed by atoms with Crippen LogP contribution in [0.3, 0.4) is 0 Å². The number of nitrogens with one attached hydrogen (secondary N) is 1. The Hall–Kier alpha value is -1.71. The number of benzene rings is 1. The van der Waals surface area contributed by atoms with Gasteiger partial charge in [0, 0.05) is 18.7 Å². The molecule has 1 aromatic rings. The molecule has 18 heavy (non-hydrogen) atoms. The van der Waals surface area contributed by atoms with Gasteiger partial charge in [0.2, 0.25) is 0 Å². The molecule has 0 bridgehead atoms. The highest BCUT2D eigenvalue weighted by atomic mass is 16.5. The molecule has 0 saturated carbocycles. The summed E-state index contributed by atoms with van der Waals surface area (Å²) in [5.74, 6) is 0.203. The summed E-state index contributed by atoms with van der Waals surface area (Å²) in [6.07, 6.45) is 1.11. The van der Waals surface area contributed by atoms with Crippen LogP contribution in [0, 0.1) is 5.41 Å². The smallest absolute Gasteiger partial charge is 0.303 e. The Morgan fingerprint density at radius 3 is 3.00 bits per heavy atom. The number of aliphatic carboxylic acids is 1. The lowest BCUT2D eigenvalue weighted by Crippen LogP contribution is -2.26. The van der Waals surface area contributed by atoms with Crippen molar-refractivity contribution in [2.75, 3.05) is 18.5 Å². The SMILES string of the molecule is CC(C)(CNc1ccc2c(c1)CCO2)CC(=O)O. The second kappa shape index (κ2) is 4.88. The van der Waals surface area contributed by atoms with Crippen molar-refractivity contribution in [3.63, 3.8) is 0 Å². The van der Waals surface area contributed by atoms with Gasteiger partial charge in [-0.2, -0.15) is 0 Å². The van der Waals surface area contributed by atoms with Crippen LogP contribution in [0.5, 0.6) is 5.75 Å². The van der Waals surface area contributed by atoms with Gasteiger partial charge in [0.1, 0.15) is 5.75 Å². The zero-order valence-corrected chi connectivity index (χ0v) is 10.8. The van der Waals surface area contributed by atoms with E-state index in [2.05, 4.69) is 11.4 Å². The lowest BCUT2D eigenvalue weighted by molar-refractivity contribution is -0.139. The number of anilines is 1. The van der Waals surface area contributed by atoms with Crippen LogP contribution in [-0.2, 0) is 11.2 Å². The highest BCUT2D eigenvalue weighted by Crippen LogP contribution is 2.29. The molecule has 2 rings (SSSR count). The van der Waals surface area contributed by atoms with Gasteiger partial charge in [-0.3, -0.25) is 4.79 Å². The van der Waals surface area contributed by atoms with Gasteiger partial charge in [-0.25, -0.2) is 0 Å². The Balaban J connectivity index is 1.96. The zero-order valence-electron chi connectivity index (χ0n) is 10.8. The Bertz CT molecular complexity index is 454. The quantitative estimate of drug-likeness (QED) is 0.842. The lowest BCUT2D eigenvalue weighted by Gasteiger charge is -2.23. The van der Waals surface area contributed by atoms with Crippen LogP contribution in [-0.4, -0.2) is 24.2 Å². The van der Waals surface area contributed by atoms with E-state index in [1.54, 1.807) is 0 Å². The van der Waals surface area contributed by atoms with Gasteiger partial charge >= 0.3 is 5.97 Å². The number of hydrogen-bond donors (Lipinski definition) is 2. The number of fused-ring (bicyclic) bond motifs is 1. The highest BCUT2D eigenvalue weighted by molar-refractivity contribution is 5.67. The molecule has 0 saturated heterocycles. The van der Waals surface area contributed by atoms with Gasteiger partial charge in [0.05, 0.1) is 13.0 Å². The molecule has 0 aliphatic carbocycles. The Labute approximate surface area is 107 Å². The van der Waals surface area contributed by atoms with E-state index in [0.717, 1.165) is 24.5 Å². The summed E-state index contributed by atoms with van der Waals surface area (Å²) in [6, 6.07) is 6.02. The van der Waals surface area contributed by atoms with Crippen molar-refractivity contribution in [2.45, 2.75) is 26.7 Å². The van der Waals surface area contributed by atoms with Crippen LogP contribution in [0.2, 0.25) is 0 Å². The number of carbonyl (C=O) groups is 1. The number of rotatable bonds is 5. The third-order valence-corrected chi connectivity index (χ3v) is 3.09. The normalized spacial score (nSPS) is 13.9. The van der Waals surface area contributed by atoms with Gasteiger partial charge in [0.15, 0.2) is 0 Å². The molecular weight excluding hydrogens is 230 g/mol. The zero-order chi connectivity index (χ0) is 13.2. The molecule has 1 aromatic carbocycles. The molecule has 0 amide bonds. The summed E-state index contributed by atoms with van der Waals surface area (Å²) < 4.78 is 5.45. The van der Waals surface area contributed by atoms with E-state index in [4.69, 9.17) is 9.84 Å². The van der Waals surface area contributed by atoms with Crippen LogP contribution in [0.1, 0.15) is 25.8 Å². The Morgan fingerprint density at radius 2 is 2.28 bits per heavy atom. The van der Waals surface area contributed by atoms with Gasteiger partial charge in [0.25, 0.3) is 0 Å². The molecule has 0 atom stereocenters. The first-order chi connectivity index (χ1) is 8.46. The average Bonchev–Trinajstić information content (AvgIpc) is 2.71. The first-order valence-electron chi connectivity index (χ1n) is 6.18. The third-order valence-electron chi connectivity index (χ3n) is 3.09. The maximum Gasteiger partial charge on any atom is 0.303 e. The third kappa shape index (κ3) is 3.15. The molecule has 4 heteroatoms. The molecule has 4 nitrogen and oxygen atoms in total. The lowest BCUT2D eigenvalue weighted by atomic mass is 9.89. The van der Waals surface area contributed by atoms with Gasteiger partial charge in [-0.1, -0.05) is 13.8 Å². The fraction of sp³-hybridized carbons (Fsp3) is 0.500. The van der Waals surface area contributed by atoms with Crippen molar-refractivity contribution in [2.24, 2.45) is 5.41 Å². The molecule has 0 radical (unpaired) electrons. The topological polar surface area (TPSA) is 58.6 Å². The first-order valence-corrected chi connectivity index (χ1v) is 6.18. The predicted molar refractivity (Wildman–Crippen MR) is 70.2 cm³/mol. The van der Waals surface area contributed by atoms with Crippen LogP contribution >= 0.6 is 0 Å². The fourth-order valence-corrected chi connectivity index (χ4v) is 2.11. The van der Waals surface area contributed by atoms with E-state index >= 15 is 0 Å². The molecule has 1 heterocycles. The van der Waals surface area contributed by atoms with Gasteiger partial charge in [-0.05, 0) is 29.2 Å². The molecule has 2 N–H and O–H groups in total. The van der Waals surface area contributed by atoms with E-state index in [1.165, 1.54) is 5.56 Å². The van der Waals surface area contributed by atoms with E-state index < -0.39 is 5.97 Å². The summed E-state index contributed by atoms with van der Waals surface area (Å²) in [7, 11) is 0. The van der Waals surface area contributed by atoms with Crippen LogP contribution in [0.4, 0.5) is 5.69 Å². The summed E-state index contributed by atoms with van der Waals surface area (Å²) in [4.78, 5) is 10.7. The largest absolute Gasteiger partial charge is 0.493 e. The van der Waals surface area contributed by atoms with Crippen molar-refractivity contribution in [1.29, 1.82) is 0 Å². The van der Waals surface area contributed by atoms with Gasteiger partial charge in [-0.15, -0.1) is 0 Å². The van der Waals surface area contributed by atoms with Crippen molar-refractivity contribution in [3.05, 3.63) is 23.8 Å². The summed E-state index contributed by atoms with van der Waals surface area (Å²) in [5.41, 5.74) is 1.98. The molecule has 1 aliphatic rings. The van der Waals surface area contributed by atoms with Crippen LogP contribution in [0.15, 0.2) is 18.2 Å². The monoisotopic (exact) mass is 249 g/mol. The van der Waals surface area contributed by atoms with E-state index in [0.29, 0.717) is 6.54 Å². The minimum absolute atomic E-state index is 0.161. The summed E-state index contributed by atoms with van der Waals surface area (Å²) in [5, 5.41) is 12.1. The summed E-state index contributed by atoms with van der Waals surface area (Å²) >= 11 is 0. The first kappa shape index (κ1) is 12.7. The predicted octanol–water partition coefficient (Wildman–Crippen LogP) is 2.53. The Morgan fingerprint density at radius 1 is 1.50 bits per heavy atom. The number of carboxylic acids is 1. The van der Waals surface area contributed by atoms with E-state index in [-0.39, 0.29) is 11.8 Å². The maximum absolute atomic E-state index is 10.7. The minimum Gasteiger partial charge on any atom is -0.493 e. The second-order valence-electron chi connectivity index (χ2n) is 5.51. The fourth-order valence-electron chi connectivity index (χ4n) is 2.11. The summed E-state index contributed by atoms with van der Waals surface area (Å²) in [6.45, 7) is 5.29. The minimum atomic E-state index is -0.760. The van der Waals surface area contributed by atoms with Crippen LogP contribution in [0.25, 0.3) is 0 Å². The van der Waals surface area contributed by atoms with E-state index in [1.807, 2.05) is 26.0 Å².